The summed E-state index contributed by atoms with van der Waals surface area (Å²) in [5.41, 5.74) is 2.67. The van der Waals surface area contributed by atoms with Crippen molar-refractivity contribution >= 4 is 45.7 Å². The monoisotopic (exact) mass is 775 g/mol. The molecule has 1 N–H and O–H groups in total. The van der Waals surface area contributed by atoms with E-state index in [9.17, 15) is 14.4 Å². The zero-order valence-electron chi connectivity index (χ0n) is 36.0. The van der Waals surface area contributed by atoms with E-state index in [4.69, 9.17) is 14.6 Å². The van der Waals surface area contributed by atoms with Crippen molar-refractivity contribution in [3.63, 3.8) is 0 Å². The van der Waals surface area contributed by atoms with Crippen LogP contribution in [0.5, 0.6) is 0 Å². The first-order valence-electron chi connectivity index (χ1n) is 20.5. The molecule has 1 atom stereocenters. The zero-order chi connectivity index (χ0) is 41.4. The standard InChI is InChI=1S/C39H54N8O5.2C2H6/c1-26-29-14-13-27(22-32(29)46(42-26)17-10-9-16-44-18-20-45(21-19-44)36(49)51-38(2,3)4)35(48)41-34-24-31-28(25-40-34)23-33(30-12-11-15-43(30)8)47(31)37(50)52-39(5,6)7;2*1-2/h13-14,22-25,30H,9-12,15-21H2,1-8H3,(H,40,41,48);2*1-2H3/t30-;;/m0../s1. The SMILES string of the molecule is CC.CC.Cc1nn(CCCCN2CCN(C(=O)OC(C)(C)C)CC2)c2cc(C(=O)Nc3cc4c(cn3)cc([C@@H]3CCCN3C)n4C(=O)OC(C)(C)C)ccc12. The second kappa shape index (κ2) is 19.1. The van der Waals surface area contributed by atoms with Crippen LogP contribution in [0.3, 0.4) is 0 Å². The minimum atomic E-state index is -0.666. The van der Waals surface area contributed by atoms with Crippen LogP contribution in [0.1, 0.15) is 123 Å². The van der Waals surface area contributed by atoms with E-state index in [0.717, 1.165) is 86.1 Å². The number of rotatable bonds is 8. The fourth-order valence-corrected chi connectivity index (χ4v) is 7.15. The molecule has 2 fully saturated rings. The number of nitrogens with zero attached hydrogens (tertiary/aromatic N) is 7. The minimum absolute atomic E-state index is 0.0829. The molecule has 2 aliphatic heterocycles. The molecule has 6 rings (SSSR count). The lowest BCUT2D eigenvalue weighted by molar-refractivity contribution is 0.0143. The number of nitrogens with one attached hydrogen (secondary N) is 1. The number of carbonyl (C=O) groups is 3. The van der Waals surface area contributed by atoms with Crippen LogP contribution in [-0.4, -0.2) is 110 Å². The number of ether oxygens (including phenoxy) is 2. The predicted octanol–water partition coefficient (Wildman–Crippen LogP) is 8.88. The maximum atomic E-state index is 13.6. The number of hydrogen-bond acceptors (Lipinski definition) is 9. The van der Waals surface area contributed by atoms with Gasteiger partial charge in [-0.3, -0.25) is 19.3 Å². The highest BCUT2D eigenvalue weighted by molar-refractivity contribution is 6.06. The zero-order valence-corrected chi connectivity index (χ0v) is 36.0. The largest absolute Gasteiger partial charge is 0.444 e. The summed E-state index contributed by atoms with van der Waals surface area (Å²) in [5.74, 6) is 0.0549. The van der Waals surface area contributed by atoms with E-state index in [0.29, 0.717) is 30.0 Å². The molecule has 0 aliphatic carbocycles. The molecule has 0 saturated carbocycles. The van der Waals surface area contributed by atoms with E-state index >= 15 is 0 Å². The molecule has 3 aromatic heterocycles. The molecular formula is C43H66N8O5. The van der Waals surface area contributed by atoms with Gasteiger partial charge < -0.3 is 19.7 Å². The van der Waals surface area contributed by atoms with Gasteiger partial charge in [-0.2, -0.15) is 5.10 Å². The van der Waals surface area contributed by atoms with Gasteiger partial charge in [0.05, 0.1) is 22.8 Å². The molecule has 0 radical (unpaired) electrons. The van der Waals surface area contributed by atoms with E-state index in [1.54, 1.807) is 21.7 Å². The van der Waals surface area contributed by atoms with Crippen LogP contribution < -0.4 is 5.32 Å². The Balaban J connectivity index is 0.00000169. The first-order chi connectivity index (χ1) is 26.6. The topological polar surface area (TPSA) is 127 Å². The van der Waals surface area contributed by atoms with Crippen molar-refractivity contribution in [2.45, 2.75) is 126 Å². The third-order valence-corrected chi connectivity index (χ3v) is 9.71. The number of aryl methyl sites for hydroxylation is 2. The minimum Gasteiger partial charge on any atom is -0.444 e. The fourth-order valence-electron chi connectivity index (χ4n) is 7.15. The number of benzene rings is 1. The molecular weight excluding hydrogens is 709 g/mol. The molecule has 4 aromatic rings. The molecule has 13 heteroatoms. The van der Waals surface area contributed by atoms with Gasteiger partial charge in [0.1, 0.15) is 17.0 Å². The number of likely N-dealkylation sites (tertiary alicyclic amines) is 1. The molecule has 2 aliphatic rings. The Labute approximate surface area is 333 Å². The summed E-state index contributed by atoms with van der Waals surface area (Å²) in [4.78, 5) is 50.6. The summed E-state index contributed by atoms with van der Waals surface area (Å²) in [6, 6.07) is 9.48. The van der Waals surface area contributed by atoms with Gasteiger partial charge in [0.2, 0.25) is 0 Å². The lowest BCUT2D eigenvalue weighted by atomic mass is 10.1. The fraction of sp³-hybridized carbons (Fsp3) is 0.605. The Hall–Kier alpha value is -4.49. The summed E-state index contributed by atoms with van der Waals surface area (Å²) in [6.45, 7) is 26.8. The Morgan fingerprint density at radius 3 is 2.09 bits per heavy atom. The van der Waals surface area contributed by atoms with Crippen LogP contribution in [0, 0.1) is 6.92 Å². The number of carbonyl (C=O) groups excluding carboxylic acids is 3. The highest BCUT2D eigenvalue weighted by Gasteiger charge is 2.31. The Kier molecular flexibility index (Phi) is 15.1. The van der Waals surface area contributed by atoms with Crippen LogP contribution in [0.4, 0.5) is 15.4 Å². The molecule has 308 valence electrons. The maximum absolute atomic E-state index is 13.6. The lowest BCUT2D eigenvalue weighted by Gasteiger charge is -2.35. The summed E-state index contributed by atoms with van der Waals surface area (Å²) in [6.07, 6.45) is 4.93. The number of aromatic nitrogens is 4. The van der Waals surface area contributed by atoms with Gasteiger partial charge in [-0.25, -0.2) is 19.1 Å². The summed E-state index contributed by atoms with van der Waals surface area (Å²) in [5, 5.41) is 9.57. The molecule has 0 spiro atoms. The smallest absolute Gasteiger partial charge is 0.419 e. The van der Waals surface area contributed by atoms with E-state index < -0.39 is 17.3 Å². The molecule has 56 heavy (non-hydrogen) atoms. The number of amides is 2. The van der Waals surface area contributed by atoms with Crippen molar-refractivity contribution in [2.75, 3.05) is 51.6 Å². The first kappa shape index (κ1) is 44.2. The quantitative estimate of drug-likeness (QED) is 0.175. The highest BCUT2D eigenvalue weighted by atomic mass is 16.6. The molecule has 13 nitrogen and oxygen atoms in total. The van der Waals surface area contributed by atoms with Crippen molar-refractivity contribution in [3.05, 3.63) is 53.5 Å². The lowest BCUT2D eigenvalue weighted by Crippen LogP contribution is -2.50. The third kappa shape index (κ3) is 11.1. The van der Waals surface area contributed by atoms with Gasteiger partial charge >= 0.3 is 12.2 Å². The normalized spacial score (nSPS) is 16.6. The summed E-state index contributed by atoms with van der Waals surface area (Å²) >= 11 is 0. The van der Waals surface area contributed by atoms with Gasteiger partial charge in [0.15, 0.2) is 0 Å². The maximum Gasteiger partial charge on any atom is 0.419 e. The Morgan fingerprint density at radius 2 is 1.46 bits per heavy atom. The van der Waals surface area contributed by atoms with Crippen LogP contribution >= 0.6 is 0 Å². The molecule has 2 amide bonds. The Bertz CT molecular complexity index is 1950. The predicted molar refractivity (Wildman–Crippen MR) is 225 cm³/mol. The first-order valence-corrected chi connectivity index (χ1v) is 20.5. The van der Waals surface area contributed by atoms with E-state index in [1.807, 2.05) is 105 Å². The molecule has 1 aromatic carbocycles. The number of unbranched alkanes of at least 4 members (excludes halogenated alkanes) is 1. The van der Waals surface area contributed by atoms with Gasteiger partial charge in [0, 0.05) is 67.0 Å². The highest BCUT2D eigenvalue weighted by Crippen LogP contribution is 2.35. The van der Waals surface area contributed by atoms with E-state index in [2.05, 4.69) is 27.1 Å². The Morgan fingerprint density at radius 1 is 0.821 bits per heavy atom. The van der Waals surface area contributed by atoms with Gasteiger partial charge in [-0.1, -0.05) is 33.8 Å². The summed E-state index contributed by atoms with van der Waals surface area (Å²) in [7, 11) is 2.07. The van der Waals surface area contributed by atoms with Crippen molar-refractivity contribution in [1.82, 2.24) is 34.0 Å². The second-order valence-corrected chi connectivity index (χ2v) is 16.2. The van der Waals surface area contributed by atoms with Crippen LogP contribution in [0.15, 0.2) is 36.5 Å². The molecule has 0 unspecified atom stereocenters. The number of anilines is 1. The number of piperazine rings is 1. The van der Waals surface area contributed by atoms with Crippen molar-refractivity contribution in [1.29, 1.82) is 0 Å². The van der Waals surface area contributed by atoms with Gasteiger partial charge in [0.25, 0.3) is 5.91 Å². The van der Waals surface area contributed by atoms with Gasteiger partial charge in [-0.05, 0) is 112 Å². The van der Waals surface area contributed by atoms with Gasteiger partial charge in [-0.15, -0.1) is 0 Å². The van der Waals surface area contributed by atoms with Crippen LogP contribution in [-0.2, 0) is 16.0 Å². The molecule has 0 bridgehead atoms. The average molecular weight is 775 g/mol. The van der Waals surface area contributed by atoms with Crippen molar-refractivity contribution < 1.29 is 23.9 Å². The van der Waals surface area contributed by atoms with Crippen molar-refractivity contribution in [2.24, 2.45) is 0 Å². The van der Waals surface area contributed by atoms with E-state index in [-0.39, 0.29) is 18.0 Å². The third-order valence-electron chi connectivity index (χ3n) is 9.71. The van der Waals surface area contributed by atoms with Crippen molar-refractivity contribution in [3.8, 4) is 0 Å². The average Bonchev–Trinajstić information content (AvgIpc) is 3.84. The van der Waals surface area contributed by atoms with Crippen LogP contribution in [0.25, 0.3) is 21.8 Å². The van der Waals surface area contributed by atoms with Crippen LogP contribution in [0.2, 0.25) is 0 Å². The molecule has 2 saturated heterocycles. The molecule has 5 heterocycles. The second-order valence-electron chi connectivity index (χ2n) is 16.2. The number of hydrogen-bond donors (Lipinski definition) is 1. The number of pyridine rings is 1. The van der Waals surface area contributed by atoms with E-state index in [1.165, 1.54) is 0 Å². The number of fused-ring (bicyclic) bond motifs is 2. The summed E-state index contributed by atoms with van der Waals surface area (Å²) < 4.78 is 15.0.